The number of nitrogens with zero attached hydrogens (tertiary/aromatic N) is 3. The van der Waals surface area contributed by atoms with Crippen LogP contribution >= 0.6 is 11.6 Å². The van der Waals surface area contributed by atoms with Gasteiger partial charge < -0.3 is 10.1 Å². The van der Waals surface area contributed by atoms with E-state index in [1.807, 2.05) is 30.3 Å². The normalized spacial score (nSPS) is 20.1. The molecule has 0 radical (unpaired) electrons. The predicted molar refractivity (Wildman–Crippen MR) is 139 cm³/mol. The number of halogens is 3. The third-order valence-corrected chi connectivity index (χ3v) is 7.64. The number of amides is 2. The number of hydrogen-bond acceptors (Lipinski definition) is 4. The maximum Gasteiger partial charge on any atom is 0.320 e. The number of methoxy groups -OCH3 is 1. The van der Waals surface area contributed by atoms with Crippen molar-refractivity contribution in [2.24, 2.45) is 0 Å². The number of para-hydroxylation sites is 1. The molecule has 2 heterocycles. The van der Waals surface area contributed by atoms with Crippen molar-refractivity contribution in [3.05, 3.63) is 76.4 Å². The minimum atomic E-state index is -0.905. The molecular formula is C27H30ClF2N5O2. The van der Waals surface area contributed by atoms with E-state index in [1.165, 1.54) is 6.07 Å². The first-order valence-electron chi connectivity index (χ1n) is 12.5. The van der Waals surface area contributed by atoms with Gasteiger partial charge in [0.25, 0.3) is 0 Å². The number of likely N-dealkylation sites (tertiary alicyclic amines) is 1. The molecule has 5 rings (SSSR count). The van der Waals surface area contributed by atoms with Gasteiger partial charge in [0.05, 0.1) is 24.0 Å². The highest BCUT2D eigenvalue weighted by Crippen LogP contribution is 2.42. The molecule has 2 atom stereocenters. The minimum absolute atomic E-state index is 0.224. The molecule has 0 spiro atoms. The van der Waals surface area contributed by atoms with Gasteiger partial charge in [-0.2, -0.15) is 5.10 Å². The molecule has 3 aromatic rings. The summed E-state index contributed by atoms with van der Waals surface area (Å²) in [6.07, 6.45) is 3.17. The van der Waals surface area contributed by atoms with Crippen LogP contribution in [0.15, 0.2) is 48.5 Å². The first-order valence-corrected chi connectivity index (χ1v) is 12.9. The highest BCUT2D eigenvalue weighted by Gasteiger charge is 2.36. The second kappa shape index (κ2) is 11.2. The number of urea groups is 1. The van der Waals surface area contributed by atoms with Crippen LogP contribution < -0.4 is 10.6 Å². The Morgan fingerprint density at radius 3 is 2.59 bits per heavy atom. The van der Waals surface area contributed by atoms with Crippen LogP contribution in [0.4, 0.5) is 19.4 Å². The molecule has 196 valence electrons. The van der Waals surface area contributed by atoms with E-state index in [0.717, 1.165) is 36.7 Å². The highest BCUT2D eigenvalue weighted by atomic mass is 35.5. The van der Waals surface area contributed by atoms with E-state index in [0.29, 0.717) is 42.6 Å². The van der Waals surface area contributed by atoms with Crippen LogP contribution in [-0.2, 0) is 4.74 Å². The van der Waals surface area contributed by atoms with Gasteiger partial charge in [0.1, 0.15) is 5.02 Å². The molecule has 2 fully saturated rings. The zero-order valence-corrected chi connectivity index (χ0v) is 21.3. The standard InChI is InChI=1S/C27H30ClF2N5O2/c1-37-13-12-34-15-20(18-10-11-21(29)22(30)14-18)23(16-34)31-27(36)32-26-24(28)25(17-6-5-7-17)33-35(26)19-8-3-2-4-9-19/h2-4,8-11,14,17,20,23H,5-7,12-13,15-16H2,1H3,(H2,31,32,36)/t20-,23+/m0/s1. The molecule has 37 heavy (non-hydrogen) atoms. The molecule has 2 aromatic carbocycles. The SMILES string of the molecule is COCCN1C[C@@H](NC(=O)Nc2c(Cl)c(C3CCC3)nn2-c2ccccc2)[C@H](c2ccc(F)c(F)c2)C1. The summed E-state index contributed by atoms with van der Waals surface area (Å²) >= 11 is 6.76. The topological polar surface area (TPSA) is 71.4 Å². The van der Waals surface area contributed by atoms with Crippen molar-refractivity contribution in [1.82, 2.24) is 20.0 Å². The summed E-state index contributed by atoms with van der Waals surface area (Å²) in [4.78, 5) is 15.4. The summed E-state index contributed by atoms with van der Waals surface area (Å²) < 4.78 is 34.5. The second-order valence-corrected chi connectivity index (χ2v) is 10.0. The van der Waals surface area contributed by atoms with Crippen molar-refractivity contribution in [2.75, 3.05) is 38.7 Å². The van der Waals surface area contributed by atoms with Gasteiger partial charge in [-0.15, -0.1) is 0 Å². The Morgan fingerprint density at radius 1 is 1.14 bits per heavy atom. The summed E-state index contributed by atoms with van der Waals surface area (Å²) in [5.74, 6) is -1.34. The Labute approximate surface area is 219 Å². The number of carbonyl (C=O) groups excluding carboxylic acids is 1. The molecule has 1 aliphatic heterocycles. The number of rotatable bonds is 8. The van der Waals surface area contributed by atoms with Crippen molar-refractivity contribution in [3.8, 4) is 5.69 Å². The van der Waals surface area contributed by atoms with E-state index in [-0.39, 0.29) is 17.9 Å². The lowest BCUT2D eigenvalue weighted by Gasteiger charge is -2.23. The first kappa shape index (κ1) is 25.6. The Kier molecular flexibility index (Phi) is 7.73. The third-order valence-electron chi connectivity index (χ3n) is 7.27. The predicted octanol–water partition coefficient (Wildman–Crippen LogP) is 5.31. The Balaban J connectivity index is 1.38. The lowest BCUT2D eigenvalue weighted by atomic mass is 9.83. The summed E-state index contributed by atoms with van der Waals surface area (Å²) in [7, 11) is 1.63. The van der Waals surface area contributed by atoms with E-state index < -0.39 is 17.7 Å². The third kappa shape index (κ3) is 5.49. The molecule has 1 aromatic heterocycles. The van der Waals surface area contributed by atoms with E-state index in [1.54, 1.807) is 17.9 Å². The number of benzene rings is 2. The first-order chi connectivity index (χ1) is 17.9. The van der Waals surface area contributed by atoms with Gasteiger partial charge in [-0.25, -0.2) is 18.3 Å². The van der Waals surface area contributed by atoms with Crippen LogP contribution in [0, 0.1) is 11.6 Å². The van der Waals surface area contributed by atoms with E-state index >= 15 is 0 Å². The highest BCUT2D eigenvalue weighted by molar-refractivity contribution is 6.34. The lowest BCUT2D eigenvalue weighted by Crippen LogP contribution is -2.42. The molecule has 0 bridgehead atoms. The summed E-state index contributed by atoms with van der Waals surface area (Å²) in [6, 6.07) is 12.6. The number of carbonyl (C=O) groups is 1. The van der Waals surface area contributed by atoms with Crippen molar-refractivity contribution < 1.29 is 18.3 Å². The monoisotopic (exact) mass is 529 g/mol. The van der Waals surface area contributed by atoms with Crippen LogP contribution in [-0.4, -0.2) is 60.1 Å². The van der Waals surface area contributed by atoms with Gasteiger partial charge in [-0.1, -0.05) is 42.3 Å². The largest absolute Gasteiger partial charge is 0.383 e. The van der Waals surface area contributed by atoms with E-state index in [9.17, 15) is 13.6 Å². The number of ether oxygens (including phenoxy) is 1. The smallest absolute Gasteiger partial charge is 0.320 e. The number of nitrogens with one attached hydrogen (secondary N) is 2. The Morgan fingerprint density at radius 2 is 1.92 bits per heavy atom. The average Bonchev–Trinajstić information content (AvgIpc) is 3.40. The molecule has 2 amide bonds. The molecule has 10 heteroatoms. The van der Waals surface area contributed by atoms with Gasteiger partial charge in [0.2, 0.25) is 0 Å². The molecule has 2 N–H and O–H groups in total. The van der Waals surface area contributed by atoms with Crippen LogP contribution in [0.3, 0.4) is 0 Å². The Bertz CT molecular complexity index is 1250. The molecule has 7 nitrogen and oxygen atoms in total. The molecular weight excluding hydrogens is 500 g/mol. The molecule has 1 aliphatic carbocycles. The Hall–Kier alpha value is -3.01. The maximum absolute atomic E-state index is 14.0. The van der Waals surface area contributed by atoms with Crippen molar-refractivity contribution in [3.63, 3.8) is 0 Å². The van der Waals surface area contributed by atoms with Crippen LogP contribution in [0.2, 0.25) is 5.02 Å². The molecule has 0 unspecified atom stereocenters. The molecule has 2 aliphatic rings. The van der Waals surface area contributed by atoms with E-state index in [4.69, 9.17) is 21.4 Å². The summed E-state index contributed by atoms with van der Waals surface area (Å²) in [6.45, 7) is 2.31. The van der Waals surface area contributed by atoms with Gasteiger partial charge in [-0.3, -0.25) is 10.2 Å². The lowest BCUT2D eigenvalue weighted by molar-refractivity contribution is 0.159. The van der Waals surface area contributed by atoms with Gasteiger partial charge >= 0.3 is 6.03 Å². The fourth-order valence-electron chi connectivity index (χ4n) is 5.05. The van der Waals surface area contributed by atoms with Crippen LogP contribution in [0.5, 0.6) is 0 Å². The van der Waals surface area contributed by atoms with Crippen LogP contribution in [0.1, 0.15) is 42.4 Å². The molecule has 1 saturated carbocycles. The number of hydrogen-bond donors (Lipinski definition) is 2. The number of aromatic nitrogens is 2. The molecule has 1 saturated heterocycles. The average molecular weight is 530 g/mol. The van der Waals surface area contributed by atoms with Crippen molar-refractivity contribution >= 4 is 23.4 Å². The van der Waals surface area contributed by atoms with Crippen molar-refractivity contribution in [1.29, 1.82) is 0 Å². The van der Waals surface area contributed by atoms with E-state index in [2.05, 4.69) is 15.5 Å². The second-order valence-electron chi connectivity index (χ2n) is 9.66. The maximum atomic E-state index is 14.0. The fraction of sp³-hybridized carbons (Fsp3) is 0.407. The van der Waals surface area contributed by atoms with Gasteiger partial charge in [0.15, 0.2) is 17.5 Å². The minimum Gasteiger partial charge on any atom is -0.383 e. The van der Waals surface area contributed by atoms with Gasteiger partial charge in [-0.05, 0) is 42.7 Å². The summed E-state index contributed by atoms with van der Waals surface area (Å²) in [5, 5.41) is 11.2. The van der Waals surface area contributed by atoms with Gasteiger partial charge in [0, 0.05) is 38.6 Å². The quantitative estimate of drug-likeness (QED) is 0.415. The zero-order valence-electron chi connectivity index (χ0n) is 20.6. The van der Waals surface area contributed by atoms with Crippen LogP contribution in [0.25, 0.3) is 5.69 Å². The fourth-order valence-corrected chi connectivity index (χ4v) is 5.37. The number of anilines is 1. The zero-order chi connectivity index (χ0) is 25.9. The van der Waals surface area contributed by atoms with Crippen molar-refractivity contribution in [2.45, 2.75) is 37.1 Å². The summed E-state index contributed by atoms with van der Waals surface area (Å²) in [5.41, 5.74) is 2.21.